The largest absolute Gasteiger partial charge is 0.545 e. The van der Waals surface area contributed by atoms with Crippen LogP contribution < -0.4 is 10.2 Å². The van der Waals surface area contributed by atoms with Crippen LogP contribution in [0.4, 0.5) is 0 Å². The Balaban J connectivity index is -0.000000180. The Morgan fingerprint density at radius 2 is 0.800 bits per heavy atom. The minimum atomic E-state index is -2.28. The fraction of sp³-hybridized carbons (Fsp3) is 0.500. The predicted octanol–water partition coefficient (Wildman–Crippen LogP) is 0.213. The van der Waals surface area contributed by atoms with E-state index in [4.69, 9.17) is 69.6 Å². The van der Waals surface area contributed by atoms with Crippen LogP contribution in [-0.4, -0.2) is 19.5 Å². The monoisotopic (exact) mass is 474 g/mol. The molecular weight excluding hydrogens is 475 g/mol. The van der Waals surface area contributed by atoms with Crippen molar-refractivity contribution in [3.05, 3.63) is 0 Å². The van der Waals surface area contributed by atoms with Crippen molar-refractivity contribution in [1.82, 2.24) is 0 Å². The minimum Gasteiger partial charge on any atom is -0.545 e. The number of hydrogen-bond donors (Lipinski definition) is 0. The third-order valence-corrected chi connectivity index (χ3v) is 1.39. The summed E-state index contributed by atoms with van der Waals surface area (Å²) in [5.74, 6) is -3.42. The minimum absolute atomic E-state index is 0. The van der Waals surface area contributed by atoms with E-state index in [1.54, 1.807) is 0 Å². The van der Waals surface area contributed by atoms with Gasteiger partial charge in [0.25, 0.3) is 0 Å². The average Bonchev–Trinajstić information content (AvgIpc) is 1.83. The van der Waals surface area contributed by atoms with Gasteiger partial charge in [0.15, 0.2) is 0 Å². The van der Waals surface area contributed by atoms with Gasteiger partial charge in [-0.2, -0.15) is 0 Å². The van der Waals surface area contributed by atoms with Crippen LogP contribution in [0, 0.1) is 40.4 Å². The van der Waals surface area contributed by atoms with Gasteiger partial charge in [-0.3, -0.25) is 0 Å². The number of carbonyl (C=O) groups is 2. The molecule has 0 unspecified atom stereocenters. The fourth-order valence-electron chi connectivity index (χ4n) is 0. The number of carbonyl (C=O) groups excluding carboxylic acids is 2. The molecule has 11 heteroatoms. The van der Waals surface area contributed by atoms with E-state index in [9.17, 15) is 19.8 Å². The molecule has 0 spiro atoms. The molecule has 0 aromatic heterocycles. The van der Waals surface area contributed by atoms with Gasteiger partial charge in [0.2, 0.25) is 7.59 Å². The molecule has 0 amide bonds. The summed E-state index contributed by atoms with van der Waals surface area (Å²) in [5, 5.41) is 19.0. The molecule has 0 aromatic rings. The van der Waals surface area contributed by atoms with Crippen molar-refractivity contribution >= 4 is 81.5 Å². The summed E-state index contributed by atoms with van der Waals surface area (Å²) < 4.78 is -4.56. The zero-order chi connectivity index (χ0) is 12.2. The second-order valence-electron chi connectivity index (χ2n) is 1.57. The molecule has 15 heavy (non-hydrogen) atoms. The molecule has 0 saturated carbocycles. The van der Waals surface area contributed by atoms with E-state index in [-0.39, 0.29) is 40.4 Å². The van der Waals surface area contributed by atoms with Crippen LogP contribution in [-0.2, 0) is 9.59 Å². The molecule has 0 saturated heterocycles. The second kappa shape index (κ2) is 9.02. The zero-order valence-electron chi connectivity index (χ0n) is 6.31. The Morgan fingerprint density at radius 3 is 0.800 bits per heavy atom. The van der Waals surface area contributed by atoms with Gasteiger partial charge in [-0.25, -0.2) is 0 Å². The molecular formula is C4Cl6O4Sm-2. The van der Waals surface area contributed by atoms with Crippen molar-refractivity contribution in [3.8, 4) is 0 Å². The van der Waals surface area contributed by atoms with Crippen LogP contribution in [0.5, 0.6) is 0 Å². The molecule has 0 aromatic carbocycles. The smallest absolute Gasteiger partial charge is 0.230 e. The summed E-state index contributed by atoms with van der Waals surface area (Å²) in [6.07, 6.45) is 0. The first-order valence-electron chi connectivity index (χ1n) is 2.45. The molecule has 0 aliphatic heterocycles. The van der Waals surface area contributed by atoms with Crippen LogP contribution in [0.15, 0.2) is 0 Å². The number of carboxylic acids is 2. The molecule has 0 rings (SSSR count). The summed E-state index contributed by atoms with van der Waals surface area (Å²) in [6.45, 7) is 0. The Hall–Kier alpha value is 2.02. The predicted molar refractivity (Wildman–Crippen MR) is 50.6 cm³/mol. The normalized spacial score (nSPS) is 10.5. The third kappa shape index (κ3) is 16.0. The Morgan fingerprint density at radius 1 is 0.733 bits per heavy atom. The first-order chi connectivity index (χ1) is 5.89. The van der Waals surface area contributed by atoms with Gasteiger partial charge in [-0.15, -0.1) is 0 Å². The SMILES string of the molecule is O=C([O-])C(Cl)(Cl)Cl.O=C([O-])C(Cl)(Cl)Cl.[Sm]. The van der Waals surface area contributed by atoms with Gasteiger partial charge in [0.05, 0.1) is 11.9 Å². The van der Waals surface area contributed by atoms with Crippen LogP contribution >= 0.6 is 69.6 Å². The first kappa shape index (κ1) is 22.2. The van der Waals surface area contributed by atoms with E-state index in [0.29, 0.717) is 0 Å². The number of alkyl halides is 6. The second-order valence-corrected chi connectivity index (χ2v) is 6.13. The molecule has 0 aliphatic carbocycles. The number of halogens is 6. The van der Waals surface area contributed by atoms with Crippen molar-refractivity contribution in [1.29, 1.82) is 0 Å². The summed E-state index contributed by atoms with van der Waals surface area (Å²) in [4.78, 5) is 19.0. The van der Waals surface area contributed by atoms with Crippen molar-refractivity contribution in [2.75, 3.05) is 0 Å². The molecule has 90 valence electrons. The van der Waals surface area contributed by atoms with Gasteiger partial charge in [-0.1, -0.05) is 69.6 Å². The summed E-state index contributed by atoms with van der Waals surface area (Å²) in [5.41, 5.74) is 0. The van der Waals surface area contributed by atoms with Gasteiger partial charge in [0.1, 0.15) is 0 Å². The van der Waals surface area contributed by atoms with Gasteiger partial charge in [-0.05, 0) is 0 Å². The number of hydrogen-bond acceptors (Lipinski definition) is 4. The average molecular weight is 475 g/mol. The van der Waals surface area contributed by atoms with E-state index in [2.05, 4.69) is 0 Å². The van der Waals surface area contributed by atoms with E-state index >= 15 is 0 Å². The Labute approximate surface area is 147 Å². The maximum atomic E-state index is 9.51. The van der Waals surface area contributed by atoms with Crippen LogP contribution in [0.1, 0.15) is 0 Å². The molecule has 4 nitrogen and oxygen atoms in total. The molecule has 0 atom stereocenters. The molecule has 0 radical (unpaired) electrons. The zero-order valence-corrected chi connectivity index (χ0v) is 13.5. The fourth-order valence-corrected chi connectivity index (χ4v) is 0. The van der Waals surface area contributed by atoms with E-state index in [0.717, 1.165) is 0 Å². The van der Waals surface area contributed by atoms with Crippen LogP contribution in [0.25, 0.3) is 0 Å². The number of carboxylic acid groups (broad SMARTS) is 2. The third-order valence-electron chi connectivity index (χ3n) is 0.463. The molecule has 0 bridgehead atoms. The van der Waals surface area contributed by atoms with E-state index in [1.165, 1.54) is 0 Å². The molecule has 0 heterocycles. The van der Waals surface area contributed by atoms with Crippen LogP contribution in [0.3, 0.4) is 0 Å². The van der Waals surface area contributed by atoms with Crippen LogP contribution in [0.2, 0.25) is 0 Å². The Bertz CT molecular complexity index is 196. The van der Waals surface area contributed by atoms with E-state index < -0.39 is 19.5 Å². The maximum Gasteiger partial charge on any atom is 0.230 e. The quantitative estimate of drug-likeness (QED) is 0.470. The van der Waals surface area contributed by atoms with Gasteiger partial charge >= 0.3 is 0 Å². The standard InChI is InChI=1S/2C2HCl3O2.Sm/c2*3-2(4,5)1(6)7;/h2*(H,6,7);/p-2. The van der Waals surface area contributed by atoms with Gasteiger partial charge in [0, 0.05) is 40.4 Å². The topological polar surface area (TPSA) is 80.3 Å². The van der Waals surface area contributed by atoms with Crippen molar-refractivity contribution in [3.63, 3.8) is 0 Å². The number of aliphatic carboxylic acids is 2. The van der Waals surface area contributed by atoms with Crippen molar-refractivity contribution < 1.29 is 60.2 Å². The summed E-state index contributed by atoms with van der Waals surface area (Å²) >= 11 is 28.4. The summed E-state index contributed by atoms with van der Waals surface area (Å²) in [7, 11) is 0. The molecule has 0 N–H and O–H groups in total. The number of rotatable bonds is 0. The molecule has 0 fully saturated rings. The maximum absolute atomic E-state index is 9.51. The van der Waals surface area contributed by atoms with Crippen molar-refractivity contribution in [2.24, 2.45) is 0 Å². The van der Waals surface area contributed by atoms with Crippen molar-refractivity contribution in [2.45, 2.75) is 7.59 Å². The van der Waals surface area contributed by atoms with Gasteiger partial charge < -0.3 is 19.8 Å². The summed E-state index contributed by atoms with van der Waals surface area (Å²) in [6, 6.07) is 0. The molecule has 0 aliphatic rings. The Kier molecular flexibility index (Phi) is 13.4. The first-order valence-corrected chi connectivity index (χ1v) is 4.72. The van der Waals surface area contributed by atoms with E-state index in [1.807, 2.05) is 0 Å².